The van der Waals surface area contributed by atoms with Gasteiger partial charge in [-0.05, 0) is 17.7 Å². The van der Waals surface area contributed by atoms with E-state index in [4.69, 9.17) is 0 Å². The van der Waals surface area contributed by atoms with E-state index in [2.05, 4.69) is 16.0 Å². The number of hydrogen-bond acceptors (Lipinski definition) is 3. The molecule has 1 atom stereocenters. The smallest absolute Gasteiger partial charge is 0.251 e. The zero-order chi connectivity index (χ0) is 17.5. The van der Waals surface area contributed by atoms with Crippen LogP contribution in [-0.2, 0) is 4.79 Å². The third-order valence-electron chi connectivity index (χ3n) is 4.39. The third kappa shape index (κ3) is 4.90. The summed E-state index contributed by atoms with van der Waals surface area (Å²) in [5.41, 5.74) is 1.51. The molecule has 1 unspecified atom stereocenters. The van der Waals surface area contributed by atoms with Crippen molar-refractivity contribution in [2.75, 3.05) is 19.6 Å². The first-order chi connectivity index (χ1) is 12.2. The van der Waals surface area contributed by atoms with Gasteiger partial charge in [-0.1, -0.05) is 48.5 Å². The lowest BCUT2D eigenvalue weighted by molar-refractivity contribution is -0.121. The van der Waals surface area contributed by atoms with Crippen LogP contribution in [0, 0.1) is 5.92 Å². The molecule has 1 saturated heterocycles. The van der Waals surface area contributed by atoms with E-state index in [9.17, 15) is 9.59 Å². The van der Waals surface area contributed by atoms with E-state index in [0.29, 0.717) is 18.0 Å². The fraction of sp³-hybridized carbons (Fsp3) is 0.300. The van der Waals surface area contributed by atoms with Crippen LogP contribution in [0.1, 0.15) is 28.4 Å². The van der Waals surface area contributed by atoms with E-state index >= 15 is 0 Å². The van der Waals surface area contributed by atoms with E-state index in [-0.39, 0.29) is 24.3 Å². The van der Waals surface area contributed by atoms with Gasteiger partial charge in [0, 0.05) is 31.1 Å². The van der Waals surface area contributed by atoms with Crippen molar-refractivity contribution in [2.45, 2.75) is 12.5 Å². The van der Waals surface area contributed by atoms with Gasteiger partial charge in [0.05, 0.1) is 12.5 Å². The summed E-state index contributed by atoms with van der Waals surface area (Å²) in [4.78, 5) is 24.8. The van der Waals surface area contributed by atoms with Crippen LogP contribution < -0.4 is 16.0 Å². The normalized spacial score (nSPS) is 15.0. The molecule has 0 aromatic heterocycles. The summed E-state index contributed by atoms with van der Waals surface area (Å²) in [5.74, 6) is 0.289. The number of nitrogens with one attached hydrogen (secondary N) is 3. The Morgan fingerprint density at radius 3 is 2.24 bits per heavy atom. The molecule has 3 rings (SSSR count). The molecule has 0 saturated carbocycles. The highest BCUT2D eigenvalue weighted by Gasteiger charge is 2.21. The van der Waals surface area contributed by atoms with E-state index in [1.807, 2.05) is 48.5 Å². The van der Waals surface area contributed by atoms with Crippen molar-refractivity contribution in [3.8, 4) is 0 Å². The highest BCUT2D eigenvalue weighted by molar-refractivity contribution is 5.94. The Labute approximate surface area is 147 Å². The summed E-state index contributed by atoms with van der Waals surface area (Å²) < 4.78 is 0. The molecule has 0 spiro atoms. The monoisotopic (exact) mass is 337 g/mol. The molecule has 1 aliphatic rings. The number of rotatable bonds is 7. The summed E-state index contributed by atoms with van der Waals surface area (Å²) in [7, 11) is 0. The molecule has 2 amide bonds. The van der Waals surface area contributed by atoms with Gasteiger partial charge in [0.15, 0.2) is 0 Å². The SMILES string of the molecule is O=C(CC(NC(=O)c1ccccc1)c1ccccc1)NCC1CNC1. The van der Waals surface area contributed by atoms with Gasteiger partial charge in [-0.3, -0.25) is 9.59 Å². The largest absolute Gasteiger partial charge is 0.356 e. The van der Waals surface area contributed by atoms with Crippen LogP contribution in [0.3, 0.4) is 0 Å². The van der Waals surface area contributed by atoms with Gasteiger partial charge in [0.2, 0.25) is 5.91 Å². The predicted molar refractivity (Wildman–Crippen MR) is 97.1 cm³/mol. The molecule has 5 nitrogen and oxygen atoms in total. The number of hydrogen-bond donors (Lipinski definition) is 3. The maximum Gasteiger partial charge on any atom is 0.251 e. The summed E-state index contributed by atoms with van der Waals surface area (Å²) in [5, 5.41) is 9.14. The quantitative estimate of drug-likeness (QED) is 0.722. The minimum absolute atomic E-state index is 0.0471. The molecule has 3 N–H and O–H groups in total. The summed E-state index contributed by atoms with van der Waals surface area (Å²) in [6.45, 7) is 2.58. The first kappa shape index (κ1) is 17.2. The van der Waals surface area contributed by atoms with Gasteiger partial charge in [-0.15, -0.1) is 0 Å². The molecule has 5 heteroatoms. The van der Waals surface area contributed by atoms with E-state index < -0.39 is 0 Å². The summed E-state index contributed by atoms with van der Waals surface area (Å²) >= 11 is 0. The van der Waals surface area contributed by atoms with E-state index in [1.165, 1.54) is 0 Å². The van der Waals surface area contributed by atoms with Crippen molar-refractivity contribution in [3.05, 3.63) is 71.8 Å². The Morgan fingerprint density at radius 1 is 1.00 bits per heavy atom. The highest BCUT2D eigenvalue weighted by Crippen LogP contribution is 2.17. The molecule has 1 fully saturated rings. The standard InChI is InChI=1S/C20H23N3O2/c24-19(22-14-15-12-21-13-15)11-18(16-7-3-1-4-8-16)23-20(25)17-9-5-2-6-10-17/h1-10,15,18,21H,11-14H2,(H,22,24)(H,23,25). The molecule has 2 aromatic rings. The highest BCUT2D eigenvalue weighted by atomic mass is 16.2. The van der Waals surface area contributed by atoms with Crippen molar-refractivity contribution < 1.29 is 9.59 Å². The minimum atomic E-state index is -0.353. The van der Waals surface area contributed by atoms with Gasteiger partial charge < -0.3 is 16.0 Å². The van der Waals surface area contributed by atoms with Gasteiger partial charge >= 0.3 is 0 Å². The molecular formula is C20H23N3O2. The lowest BCUT2D eigenvalue weighted by atomic mass is 10.0. The molecule has 2 aromatic carbocycles. The average molecular weight is 337 g/mol. The second-order valence-corrected chi connectivity index (χ2v) is 6.34. The second kappa shape index (κ2) is 8.44. The van der Waals surface area contributed by atoms with Crippen molar-refractivity contribution >= 4 is 11.8 Å². The van der Waals surface area contributed by atoms with Crippen LogP contribution in [0.2, 0.25) is 0 Å². The fourth-order valence-electron chi connectivity index (χ4n) is 2.78. The van der Waals surface area contributed by atoms with E-state index in [0.717, 1.165) is 18.7 Å². The Bertz CT molecular complexity index is 699. The maximum atomic E-state index is 12.5. The Balaban J connectivity index is 1.64. The molecule has 0 aliphatic carbocycles. The van der Waals surface area contributed by atoms with Crippen LogP contribution in [0.4, 0.5) is 0 Å². The Morgan fingerprint density at radius 2 is 1.64 bits per heavy atom. The Hall–Kier alpha value is -2.66. The molecule has 1 aliphatic heterocycles. The van der Waals surface area contributed by atoms with Gasteiger partial charge in [0.25, 0.3) is 5.91 Å². The van der Waals surface area contributed by atoms with Crippen LogP contribution >= 0.6 is 0 Å². The lowest BCUT2D eigenvalue weighted by Crippen LogP contribution is -2.48. The zero-order valence-electron chi connectivity index (χ0n) is 14.1. The van der Waals surface area contributed by atoms with Gasteiger partial charge in [-0.25, -0.2) is 0 Å². The molecule has 25 heavy (non-hydrogen) atoms. The van der Waals surface area contributed by atoms with Crippen molar-refractivity contribution in [2.24, 2.45) is 5.92 Å². The first-order valence-electron chi connectivity index (χ1n) is 8.60. The first-order valence-corrected chi connectivity index (χ1v) is 8.60. The van der Waals surface area contributed by atoms with Crippen LogP contribution in [0.25, 0.3) is 0 Å². The maximum absolute atomic E-state index is 12.5. The lowest BCUT2D eigenvalue weighted by Gasteiger charge is -2.27. The van der Waals surface area contributed by atoms with E-state index in [1.54, 1.807) is 12.1 Å². The minimum Gasteiger partial charge on any atom is -0.356 e. The number of amides is 2. The Kier molecular flexibility index (Phi) is 5.80. The van der Waals surface area contributed by atoms with Crippen LogP contribution in [0.15, 0.2) is 60.7 Å². The molecular weight excluding hydrogens is 314 g/mol. The second-order valence-electron chi connectivity index (χ2n) is 6.34. The number of carbonyl (C=O) groups excluding carboxylic acids is 2. The average Bonchev–Trinajstić information content (AvgIpc) is 2.61. The number of benzene rings is 2. The molecule has 130 valence electrons. The van der Waals surface area contributed by atoms with Gasteiger partial charge in [0.1, 0.15) is 0 Å². The van der Waals surface area contributed by atoms with Crippen molar-refractivity contribution in [1.82, 2.24) is 16.0 Å². The molecule has 0 radical (unpaired) electrons. The molecule has 1 heterocycles. The van der Waals surface area contributed by atoms with Gasteiger partial charge in [-0.2, -0.15) is 0 Å². The molecule has 0 bridgehead atoms. The number of carbonyl (C=O) groups is 2. The topological polar surface area (TPSA) is 70.2 Å². The van der Waals surface area contributed by atoms with Crippen molar-refractivity contribution in [1.29, 1.82) is 0 Å². The predicted octanol–water partition coefficient (Wildman–Crippen LogP) is 1.88. The fourth-order valence-corrected chi connectivity index (χ4v) is 2.78. The van der Waals surface area contributed by atoms with Crippen LogP contribution in [0.5, 0.6) is 0 Å². The van der Waals surface area contributed by atoms with Crippen molar-refractivity contribution in [3.63, 3.8) is 0 Å². The van der Waals surface area contributed by atoms with Crippen LogP contribution in [-0.4, -0.2) is 31.4 Å². The zero-order valence-corrected chi connectivity index (χ0v) is 14.1. The summed E-state index contributed by atoms with van der Waals surface area (Å²) in [6, 6.07) is 18.3. The third-order valence-corrected chi connectivity index (χ3v) is 4.39. The summed E-state index contributed by atoms with van der Waals surface area (Å²) in [6.07, 6.45) is 0.225.